The van der Waals surface area contributed by atoms with Gasteiger partial charge < -0.3 is 9.80 Å². The molecule has 264 valence electrons. The lowest BCUT2D eigenvalue weighted by molar-refractivity contribution is 1.29. The molecule has 0 atom stereocenters. The number of hydrogen-bond donors (Lipinski definition) is 0. The molecule has 2 heteroatoms. The minimum Gasteiger partial charge on any atom is -0.310 e. The number of benzene rings is 10. The number of anilines is 6. The smallest absolute Gasteiger partial charge is 0.0468 e. The monoisotopic (exact) mass is 714 g/mol. The van der Waals surface area contributed by atoms with Crippen LogP contribution in [0.15, 0.2) is 231 Å². The fourth-order valence-electron chi connectivity index (χ4n) is 8.08. The van der Waals surface area contributed by atoms with Crippen molar-refractivity contribution in [3.8, 4) is 22.3 Å². The second-order valence-electron chi connectivity index (χ2n) is 14.2. The maximum atomic E-state index is 2.34. The average molecular weight is 715 g/mol. The van der Waals surface area contributed by atoms with Crippen LogP contribution in [0.3, 0.4) is 0 Å². The van der Waals surface area contributed by atoms with Crippen LogP contribution in [0, 0.1) is 0 Å². The predicted molar refractivity (Wildman–Crippen MR) is 239 cm³/mol. The lowest BCUT2D eigenvalue weighted by Crippen LogP contribution is -2.09. The summed E-state index contributed by atoms with van der Waals surface area (Å²) in [6.07, 6.45) is 0. The molecule has 0 aromatic heterocycles. The van der Waals surface area contributed by atoms with Gasteiger partial charge in [0.1, 0.15) is 0 Å². The molecule has 10 aromatic carbocycles. The maximum Gasteiger partial charge on any atom is 0.0468 e. The van der Waals surface area contributed by atoms with Gasteiger partial charge in [0.05, 0.1) is 0 Å². The van der Waals surface area contributed by atoms with Crippen molar-refractivity contribution in [1.29, 1.82) is 0 Å². The summed E-state index contributed by atoms with van der Waals surface area (Å²) in [4.78, 5) is 4.67. The summed E-state index contributed by atoms with van der Waals surface area (Å²) in [6, 6.07) is 83.1. The van der Waals surface area contributed by atoms with E-state index in [4.69, 9.17) is 0 Å². The summed E-state index contributed by atoms with van der Waals surface area (Å²) < 4.78 is 0. The minimum atomic E-state index is 1.11. The van der Waals surface area contributed by atoms with Gasteiger partial charge in [-0.15, -0.1) is 0 Å². The van der Waals surface area contributed by atoms with Gasteiger partial charge in [-0.2, -0.15) is 0 Å². The van der Waals surface area contributed by atoms with Crippen molar-refractivity contribution in [1.82, 2.24) is 0 Å². The first-order valence-corrected chi connectivity index (χ1v) is 19.2. The third-order valence-corrected chi connectivity index (χ3v) is 10.8. The number of fused-ring (bicyclic) bond motifs is 3. The van der Waals surface area contributed by atoms with Crippen LogP contribution in [0.1, 0.15) is 0 Å². The minimum absolute atomic E-state index is 1.11. The van der Waals surface area contributed by atoms with Crippen molar-refractivity contribution in [3.63, 3.8) is 0 Å². The summed E-state index contributed by atoms with van der Waals surface area (Å²) in [5.41, 5.74) is 11.5. The van der Waals surface area contributed by atoms with E-state index in [1.165, 1.54) is 54.6 Å². The molecule has 2 nitrogen and oxygen atoms in total. The quantitative estimate of drug-likeness (QED) is 0.155. The Morgan fingerprint density at radius 3 is 0.982 bits per heavy atom. The lowest BCUT2D eigenvalue weighted by Gasteiger charge is -2.26. The topological polar surface area (TPSA) is 6.48 Å². The van der Waals surface area contributed by atoms with E-state index < -0.39 is 0 Å². The van der Waals surface area contributed by atoms with Gasteiger partial charge in [-0.05, 0) is 127 Å². The van der Waals surface area contributed by atoms with Gasteiger partial charge >= 0.3 is 0 Å². The summed E-state index contributed by atoms with van der Waals surface area (Å²) >= 11 is 0. The van der Waals surface area contributed by atoms with E-state index in [0.717, 1.165) is 34.1 Å². The Hall–Kier alpha value is -7.42. The SMILES string of the molecule is c1ccc(N(c2ccc(-c3cccc4cccc(-c5ccc(N(c6ccccc6)c6ccc7ccccc7c6)cc5)c34)cc2)c2ccc3ccccc3c2)cc1. The molecule has 56 heavy (non-hydrogen) atoms. The van der Waals surface area contributed by atoms with Gasteiger partial charge in [0.25, 0.3) is 0 Å². The predicted octanol–water partition coefficient (Wildman–Crippen LogP) is 15.4. The van der Waals surface area contributed by atoms with Crippen LogP contribution in [0.5, 0.6) is 0 Å². The zero-order chi connectivity index (χ0) is 37.3. The van der Waals surface area contributed by atoms with E-state index in [2.05, 4.69) is 240 Å². The van der Waals surface area contributed by atoms with Crippen LogP contribution in [0.25, 0.3) is 54.6 Å². The van der Waals surface area contributed by atoms with E-state index in [-0.39, 0.29) is 0 Å². The number of para-hydroxylation sites is 2. The average Bonchev–Trinajstić information content (AvgIpc) is 3.27. The molecule has 0 N–H and O–H groups in total. The van der Waals surface area contributed by atoms with E-state index >= 15 is 0 Å². The molecule has 0 fully saturated rings. The highest BCUT2D eigenvalue weighted by Crippen LogP contribution is 2.42. The normalized spacial score (nSPS) is 11.2. The molecule has 10 rings (SSSR count). The molecular formula is C54H38N2. The van der Waals surface area contributed by atoms with Gasteiger partial charge in [-0.3, -0.25) is 0 Å². The molecule has 0 heterocycles. The van der Waals surface area contributed by atoms with Crippen molar-refractivity contribution in [2.24, 2.45) is 0 Å². The standard InChI is InChI=1S/C54H38N2/c1-3-19-46(20-4-1)55(50-35-25-39-13-7-9-15-44(39)37-50)48-31-27-41(28-32-48)52-23-11-17-43-18-12-24-53(54(43)52)42-29-33-49(34-30-42)56(47-21-5-2-6-22-47)51-36-26-40-14-8-10-16-45(40)38-51/h1-38H. The van der Waals surface area contributed by atoms with Crippen LogP contribution >= 0.6 is 0 Å². The highest BCUT2D eigenvalue weighted by molar-refractivity contribution is 6.06. The van der Waals surface area contributed by atoms with E-state index in [0.29, 0.717) is 0 Å². The molecule has 0 spiro atoms. The Morgan fingerprint density at radius 2 is 0.554 bits per heavy atom. The van der Waals surface area contributed by atoms with Crippen molar-refractivity contribution in [2.75, 3.05) is 9.80 Å². The summed E-state index contributed by atoms with van der Waals surface area (Å²) in [6.45, 7) is 0. The molecule has 0 unspecified atom stereocenters. The third-order valence-electron chi connectivity index (χ3n) is 10.8. The highest BCUT2D eigenvalue weighted by Gasteiger charge is 2.17. The second kappa shape index (κ2) is 14.4. The molecular weight excluding hydrogens is 677 g/mol. The Balaban J connectivity index is 1.03. The summed E-state index contributed by atoms with van der Waals surface area (Å²) in [5, 5.41) is 7.39. The van der Waals surface area contributed by atoms with Gasteiger partial charge in [-0.25, -0.2) is 0 Å². The van der Waals surface area contributed by atoms with Crippen LogP contribution < -0.4 is 9.80 Å². The van der Waals surface area contributed by atoms with Crippen LogP contribution in [0.2, 0.25) is 0 Å². The Bertz CT molecular complexity index is 2750. The Kier molecular flexibility index (Phi) is 8.55. The van der Waals surface area contributed by atoms with Gasteiger partial charge in [0.2, 0.25) is 0 Å². The molecule has 0 aliphatic rings. The van der Waals surface area contributed by atoms with Crippen molar-refractivity contribution in [3.05, 3.63) is 231 Å². The highest BCUT2D eigenvalue weighted by atomic mass is 15.1. The largest absolute Gasteiger partial charge is 0.310 e. The fourth-order valence-corrected chi connectivity index (χ4v) is 8.08. The van der Waals surface area contributed by atoms with Gasteiger partial charge in [0, 0.05) is 34.1 Å². The second-order valence-corrected chi connectivity index (χ2v) is 14.2. The number of rotatable bonds is 8. The summed E-state index contributed by atoms with van der Waals surface area (Å²) in [5.74, 6) is 0. The zero-order valence-electron chi connectivity index (χ0n) is 30.8. The van der Waals surface area contributed by atoms with Crippen molar-refractivity contribution in [2.45, 2.75) is 0 Å². The Labute approximate surface area is 327 Å². The lowest BCUT2D eigenvalue weighted by atomic mass is 9.91. The molecule has 0 saturated heterocycles. The first kappa shape index (κ1) is 33.2. The van der Waals surface area contributed by atoms with Crippen LogP contribution in [0.4, 0.5) is 34.1 Å². The third kappa shape index (κ3) is 6.24. The van der Waals surface area contributed by atoms with Gasteiger partial charge in [0.15, 0.2) is 0 Å². The first-order chi connectivity index (χ1) is 27.8. The molecule has 10 aromatic rings. The van der Waals surface area contributed by atoms with E-state index in [1.807, 2.05) is 0 Å². The van der Waals surface area contributed by atoms with Crippen molar-refractivity contribution < 1.29 is 0 Å². The molecule has 0 radical (unpaired) electrons. The maximum absolute atomic E-state index is 2.34. The van der Waals surface area contributed by atoms with Crippen LogP contribution in [-0.4, -0.2) is 0 Å². The summed E-state index contributed by atoms with van der Waals surface area (Å²) in [7, 11) is 0. The van der Waals surface area contributed by atoms with E-state index in [1.54, 1.807) is 0 Å². The zero-order valence-corrected chi connectivity index (χ0v) is 30.8. The van der Waals surface area contributed by atoms with Crippen molar-refractivity contribution >= 4 is 66.4 Å². The first-order valence-electron chi connectivity index (χ1n) is 19.2. The molecule has 0 aliphatic carbocycles. The molecule has 0 amide bonds. The number of nitrogens with zero attached hydrogens (tertiary/aromatic N) is 2. The molecule has 0 aliphatic heterocycles. The molecule has 0 bridgehead atoms. The molecule has 0 saturated carbocycles. The van der Waals surface area contributed by atoms with E-state index in [9.17, 15) is 0 Å². The fraction of sp³-hybridized carbons (Fsp3) is 0. The number of hydrogen-bond acceptors (Lipinski definition) is 2. The van der Waals surface area contributed by atoms with Crippen LogP contribution in [-0.2, 0) is 0 Å². The Morgan fingerprint density at radius 1 is 0.214 bits per heavy atom. The van der Waals surface area contributed by atoms with Gasteiger partial charge in [-0.1, -0.05) is 158 Å².